The van der Waals surface area contributed by atoms with Gasteiger partial charge >= 0.3 is 5.97 Å². The van der Waals surface area contributed by atoms with Gasteiger partial charge in [0.2, 0.25) is 11.8 Å². The number of hydrogen-bond donors (Lipinski definition) is 4. The van der Waals surface area contributed by atoms with Gasteiger partial charge in [0.05, 0.1) is 18.2 Å². The number of hydrogen-bond acceptors (Lipinski definition) is 5. The van der Waals surface area contributed by atoms with Crippen LogP contribution in [0.2, 0.25) is 0 Å². The van der Waals surface area contributed by atoms with E-state index < -0.39 is 5.97 Å². The summed E-state index contributed by atoms with van der Waals surface area (Å²) in [6.45, 7) is 6.42. The monoisotopic (exact) mass is 499 g/mol. The van der Waals surface area contributed by atoms with Crippen molar-refractivity contribution in [1.82, 2.24) is 5.32 Å². The van der Waals surface area contributed by atoms with E-state index in [1.54, 1.807) is 24.3 Å². The van der Waals surface area contributed by atoms with E-state index in [1.807, 2.05) is 0 Å². The molecule has 8 heteroatoms. The second kappa shape index (κ2) is 13.6. The highest BCUT2D eigenvalue weighted by atomic mass is 16.5. The molecule has 5 atom stereocenters. The van der Waals surface area contributed by atoms with E-state index in [1.165, 1.54) is 6.92 Å². The Labute approximate surface area is 214 Å². The van der Waals surface area contributed by atoms with Crippen LogP contribution < -0.4 is 16.0 Å². The Balaban J connectivity index is 1.55. The molecule has 36 heavy (non-hydrogen) atoms. The minimum absolute atomic E-state index is 0.0603. The number of benzene rings is 1. The van der Waals surface area contributed by atoms with Gasteiger partial charge in [0.15, 0.2) is 0 Å². The summed E-state index contributed by atoms with van der Waals surface area (Å²) in [5, 5.41) is 18.1. The third-order valence-corrected chi connectivity index (χ3v) is 7.02. The molecule has 1 unspecified atom stereocenters. The van der Waals surface area contributed by atoms with Crippen LogP contribution in [0.3, 0.4) is 0 Å². The molecule has 2 bridgehead atoms. The normalized spacial score (nSPS) is 23.8. The standard InChI is InChI=1S/C28H41N3O5/c1-18(2)16-24(28(35)31-21-12-10-20(11-13-21)30-19(3)32)29-17-23-22(25-14-15-26(23)36-25)8-6-4-5-7-9-27(33)34/h4,6,10-13,18,22-26,29H,5,7-9,14-17H2,1-3H3,(H,30,32)(H,31,35)(H,33,34)/b6-4-/t22-,23+,24?,25-,26+/m1/s1. The van der Waals surface area contributed by atoms with Crippen LogP contribution in [0.4, 0.5) is 11.4 Å². The van der Waals surface area contributed by atoms with Crippen LogP contribution >= 0.6 is 0 Å². The van der Waals surface area contributed by atoms with Gasteiger partial charge in [-0.05, 0) is 74.6 Å². The van der Waals surface area contributed by atoms with Crippen molar-refractivity contribution in [3.8, 4) is 0 Å². The zero-order chi connectivity index (χ0) is 26.1. The molecule has 2 heterocycles. The minimum atomic E-state index is -0.752. The van der Waals surface area contributed by atoms with Crippen molar-refractivity contribution in [3.63, 3.8) is 0 Å². The molecular weight excluding hydrogens is 458 g/mol. The maximum atomic E-state index is 13.1. The Bertz CT molecular complexity index is 914. The van der Waals surface area contributed by atoms with Crippen molar-refractivity contribution in [2.24, 2.45) is 17.8 Å². The summed E-state index contributed by atoms with van der Waals surface area (Å²) >= 11 is 0. The van der Waals surface area contributed by atoms with Crippen molar-refractivity contribution in [3.05, 3.63) is 36.4 Å². The summed E-state index contributed by atoms with van der Waals surface area (Å²) in [7, 11) is 0. The summed E-state index contributed by atoms with van der Waals surface area (Å²) < 4.78 is 6.23. The number of carbonyl (C=O) groups is 3. The Morgan fingerprint density at radius 1 is 1.03 bits per heavy atom. The third kappa shape index (κ3) is 8.45. The lowest BCUT2D eigenvalue weighted by molar-refractivity contribution is -0.137. The van der Waals surface area contributed by atoms with E-state index in [0.717, 1.165) is 38.6 Å². The fourth-order valence-electron chi connectivity index (χ4n) is 5.32. The number of unbranched alkanes of at least 4 members (excludes halogenated alkanes) is 1. The van der Waals surface area contributed by atoms with E-state index >= 15 is 0 Å². The Kier molecular flexibility index (Phi) is 10.5. The maximum absolute atomic E-state index is 13.1. The van der Waals surface area contributed by atoms with Crippen LogP contribution in [-0.2, 0) is 19.1 Å². The molecule has 2 aliphatic rings. The van der Waals surface area contributed by atoms with Gasteiger partial charge in [0.25, 0.3) is 0 Å². The lowest BCUT2D eigenvalue weighted by atomic mass is 9.77. The zero-order valence-electron chi connectivity index (χ0n) is 21.7. The van der Waals surface area contributed by atoms with Gasteiger partial charge in [-0.15, -0.1) is 0 Å². The highest BCUT2D eigenvalue weighted by molar-refractivity contribution is 5.95. The lowest BCUT2D eigenvalue weighted by Crippen LogP contribution is -2.46. The number of fused-ring (bicyclic) bond motifs is 2. The lowest BCUT2D eigenvalue weighted by Gasteiger charge is -2.29. The van der Waals surface area contributed by atoms with Gasteiger partial charge in [0, 0.05) is 37.2 Å². The van der Waals surface area contributed by atoms with Crippen LogP contribution in [-0.4, -0.2) is 47.7 Å². The summed E-state index contributed by atoms with van der Waals surface area (Å²) in [6, 6.07) is 6.81. The largest absolute Gasteiger partial charge is 0.481 e. The molecule has 1 aromatic carbocycles. The molecule has 0 saturated carbocycles. The minimum Gasteiger partial charge on any atom is -0.481 e. The first-order valence-corrected chi connectivity index (χ1v) is 13.2. The van der Waals surface area contributed by atoms with Crippen LogP contribution in [0.1, 0.15) is 65.7 Å². The van der Waals surface area contributed by atoms with Crippen molar-refractivity contribution < 1.29 is 24.2 Å². The SMILES string of the molecule is CC(=O)Nc1ccc(NC(=O)C(CC(C)C)NC[C@H]2[C@@H](C/C=C\CCCC(=O)O)[C@H]3CC[C@@H]2O3)cc1. The average Bonchev–Trinajstić information content (AvgIpc) is 3.41. The van der Waals surface area contributed by atoms with Crippen LogP contribution in [0, 0.1) is 17.8 Å². The molecule has 3 rings (SSSR count). The molecule has 1 aromatic rings. The molecule has 0 spiro atoms. The fourth-order valence-corrected chi connectivity index (χ4v) is 5.32. The first-order valence-electron chi connectivity index (χ1n) is 13.2. The molecule has 0 aromatic heterocycles. The number of nitrogens with one attached hydrogen (secondary N) is 3. The quantitative estimate of drug-likeness (QED) is 0.220. The van der Waals surface area contributed by atoms with E-state index in [2.05, 4.69) is 41.9 Å². The first kappa shape index (κ1) is 27.9. The first-order chi connectivity index (χ1) is 17.2. The number of carboxylic acid groups (broad SMARTS) is 1. The van der Waals surface area contributed by atoms with E-state index in [0.29, 0.717) is 35.5 Å². The van der Waals surface area contributed by atoms with Gasteiger partial charge in [-0.25, -0.2) is 0 Å². The second-order valence-corrected chi connectivity index (χ2v) is 10.4. The number of carboxylic acids is 1. The number of allylic oxidation sites excluding steroid dienone is 2. The van der Waals surface area contributed by atoms with Crippen LogP contribution in [0.5, 0.6) is 0 Å². The third-order valence-electron chi connectivity index (χ3n) is 7.02. The second-order valence-electron chi connectivity index (χ2n) is 10.4. The molecular formula is C28H41N3O5. The fraction of sp³-hybridized carbons (Fsp3) is 0.607. The number of rotatable bonds is 14. The van der Waals surface area contributed by atoms with Gasteiger partial charge in [0.1, 0.15) is 0 Å². The number of aliphatic carboxylic acids is 1. The molecule has 2 fully saturated rings. The van der Waals surface area contributed by atoms with E-state index in [9.17, 15) is 14.4 Å². The number of anilines is 2. The molecule has 4 N–H and O–H groups in total. The zero-order valence-corrected chi connectivity index (χ0v) is 21.7. The van der Waals surface area contributed by atoms with Crippen LogP contribution in [0.15, 0.2) is 36.4 Å². The number of amides is 2. The van der Waals surface area contributed by atoms with Crippen molar-refractivity contribution in [2.45, 2.75) is 84.0 Å². The Hall–Kier alpha value is -2.71. The summed E-state index contributed by atoms with van der Waals surface area (Å²) in [5.41, 5.74) is 1.38. The molecule has 198 valence electrons. The van der Waals surface area contributed by atoms with Gasteiger partial charge < -0.3 is 25.8 Å². The van der Waals surface area contributed by atoms with Gasteiger partial charge in [-0.2, -0.15) is 0 Å². The topological polar surface area (TPSA) is 117 Å². The number of ether oxygens (including phenoxy) is 1. The summed E-state index contributed by atoms with van der Waals surface area (Å²) in [6.07, 6.45) is 10.2. The van der Waals surface area contributed by atoms with E-state index in [4.69, 9.17) is 9.84 Å². The smallest absolute Gasteiger partial charge is 0.303 e. The maximum Gasteiger partial charge on any atom is 0.303 e. The molecule has 8 nitrogen and oxygen atoms in total. The highest BCUT2D eigenvalue weighted by Gasteiger charge is 2.48. The molecule has 2 amide bonds. The molecule has 2 aliphatic heterocycles. The molecule has 0 aliphatic carbocycles. The van der Waals surface area contributed by atoms with Crippen molar-refractivity contribution >= 4 is 29.2 Å². The summed E-state index contributed by atoms with van der Waals surface area (Å²) in [4.78, 5) is 35.0. The van der Waals surface area contributed by atoms with Gasteiger partial charge in [-0.1, -0.05) is 26.0 Å². The number of carbonyl (C=O) groups excluding carboxylic acids is 2. The van der Waals surface area contributed by atoms with Crippen molar-refractivity contribution in [2.75, 3.05) is 17.2 Å². The molecule has 2 saturated heterocycles. The molecule has 0 radical (unpaired) electrons. The predicted octanol–water partition coefficient (Wildman–Crippen LogP) is 4.58. The predicted molar refractivity (Wildman–Crippen MR) is 141 cm³/mol. The average molecular weight is 500 g/mol. The van der Waals surface area contributed by atoms with Gasteiger partial charge in [-0.3, -0.25) is 14.4 Å². The summed E-state index contributed by atoms with van der Waals surface area (Å²) in [5.74, 6) is 0.177. The van der Waals surface area contributed by atoms with Crippen LogP contribution in [0.25, 0.3) is 0 Å². The van der Waals surface area contributed by atoms with E-state index in [-0.39, 0.29) is 36.5 Å². The highest BCUT2D eigenvalue weighted by Crippen LogP contribution is 2.45. The van der Waals surface area contributed by atoms with Crippen molar-refractivity contribution in [1.29, 1.82) is 0 Å². The Morgan fingerprint density at radius 3 is 2.28 bits per heavy atom. The Morgan fingerprint density at radius 2 is 1.67 bits per heavy atom.